The number of rotatable bonds is 3. The Morgan fingerprint density at radius 2 is 1.90 bits per heavy atom. The van der Waals surface area contributed by atoms with Crippen molar-refractivity contribution < 1.29 is 19.0 Å². The van der Waals surface area contributed by atoms with Gasteiger partial charge in [0.05, 0.1) is 18.8 Å². The third kappa shape index (κ3) is 3.93. The van der Waals surface area contributed by atoms with Gasteiger partial charge >= 0.3 is 0 Å². The molecule has 4 heterocycles. The minimum absolute atomic E-state index is 0.144. The number of carbonyl (C=O) groups is 1. The van der Waals surface area contributed by atoms with Gasteiger partial charge in [-0.15, -0.1) is 0 Å². The average Bonchev–Trinajstić information content (AvgIpc) is 3.14. The Kier molecular flexibility index (Phi) is 5.20. The van der Waals surface area contributed by atoms with E-state index in [1.807, 2.05) is 36.5 Å². The van der Waals surface area contributed by atoms with E-state index in [-0.39, 0.29) is 29.9 Å². The Morgan fingerprint density at radius 3 is 2.61 bits per heavy atom. The fourth-order valence-corrected chi connectivity index (χ4v) is 3.95. The quantitative estimate of drug-likeness (QED) is 0.645. The molecule has 3 aromatic rings. The molecule has 8 heteroatoms. The fourth-order valence-electron chi connectivity index (χ4n) is 3.95. The van der Waals surface area contributed by atoms with Crippen LogP contribution in [0, 0.1) is 11.3 Å². The predicted octanol–water partition coefficient (Wildman–Crippen LogP) is 2.19. The number of ether oxygens (including phenoxy) is 3. The Balaban J connectivity index is 1.22. The number of aromatic nitrogens is 2. The third-order valence-electron chi connectivity index (χ3n) is 5.55. The molecule has 5 rings (SSSR count). The molecule has 0 saturated carbocycles. The number of hydrogen-bond donors (Lipinski definition) is 0. The molecule has 2 saturated heterocycles. The van der Waals surface area contributed by atoms with Crippen molar-refractivity contribution in [1.29, 1.82) is 5.26 Å². The number of nitriles is 1. The van der Waals surface area contributed by atoms with Gasteiger partial charge in [-0.05, 0) is 24.3 Å². The molecule has 2 aliphatic heterocycles. The molecule has 0 bridgehead atoms. The van der Waals surface area contributed by atoms with Crippen LogP contribution in [0.4, 0.5) is 0 Å². The molecule has 0 unspecified atom stereocenters. The molecule has 0 spiro atoms. The van der Waals surface area contributed by atoms with Crippen LogP contribution in [0.1, 0.15) is 16.1 Å². The summed E-state index contributed by atoms with van der Waals surface area (Å²) in [4.78, 5) is 22.6. The summed E-state index contributed by atoms with van der Waals surface area (Å²) in [5.74, 6) is 0.628. The van der Waals surface area contributed by atoms with E-state index in [1.54, 1.807) is 23.2 Å². The van der Waals surface area contributed by atoms with E-state index in [0.29, 0.717) is 31.9 Å². The molecule has 0 radical (unpaired) electrons. The summed E-state index contributed by atoms with van der Waals surface area (Å²) in [7, 11) is 0. The Hall–Kier alpha value is -3.54. The first kappa shape index (κ1) is 19.4. The molecule has 1 amide bonds. The van der Waals surface area contributed by atoms with Crippen molar-refractivity contribution in [2.24, 2.45) is 0 Å². The minimum atomic E-state index is -0.240. The van der Waals surface area contributed by atoms with Crippen molar-refractivity contribution in [2.75, 3.05) is 26.3 Å². The lowest BCUT2D eigenvalue weighted by Crippen LogP contribution is -2.33. The first-order chi connectivity index (χ1) is 15.2. The molecular weight excluding hydrogens is 396 g/mol. The predicted molar refractivity (Wildman–Crippen MR) is 110 cm³/mol. The van der Waals surface area contributed by atoms with Gasteiger partial charge in [-0.1, -0.05) is 12.1 Å². The first-order valence-electron chi connectivity index (χ1n) is 10.1. The Bertz CT molecular complexity index is 1120. The largest absolute Gasteiger partial charge is 0.485 e. The molecule has 2 aliphatic rings. The number of amides is 1. The smallest absolute Gasteiger partial charge is 0.255 e. The van der Waals surface area contributed by atoms with Gasteiger partial charge in [-0.25, -0.2) is 4.98 Å². The van der Waals surface area contributed by atoms with Crippen LogP contribution in [0.15, 0.2) is 55.0 Å². The van der Waals surface area contributed by atoms with Crippen LogP contribution in [0.5, 0.6) is 5.75 Å². The molecular formula is C23H20N4O4. The van der Waals surface area contributed by atoms with E-state index >= 15 is 0 Å². The lowest BCUT2D eigenvalue weighted by Gasteiger charge is -2.20. The van der Waals surface area contributed by atoms with Crippen molar-refractivity contribution in [3.63, 3.8) is 0 Å². The molecule has 0 aliphatic carbocycles. The van der Waals surface area contributed by atoms with Gasteiger partial charge in [-0.2, -0.15) is 5.26 Å². The van der Waals surface area contributed by atoms with E-state index in [0.717, 1.165) is 16.5 Å². The van der Waals surface area contributed by atoms with Crippen LogP contribution in [0.3, 0.4) is 0 Å². The number of hydrogen-bond acceptors (Lipinski definition) is 7. The second-order valence-electron chi connectivity index (χ2n) is 7.59. The molecule has 8 nitrogen and oxygen atoms in total. The van der Waals surface area contributed by atoms with Crippen molar-refractivity contribution in [3.05, 3.63) is 66.2 Å². The van der Waals surface area contributed by atoms with Crippen molar-refractivity contribution in [2.45, 2.75) is 18.3 Å². The highest BCUT2D eigenvalue weighted by Crippen LogP contribution is 2.27. The monoisotopic (exact) mass is 416 g/mol. The number of benzene rings is 1. The molecule has 31 heavy (non-hydrogen) atoms. The number of carbonyl (C=O) groups excluding carboxylic acids is 1. The number of nitrogens with zero attached hydrogens (tertiary/aromatic N) is 4. The zero-order chi connectivity index (χ0) is 21.2. The summed E-state index contributed by atoms with van der Waals surface area (Å²) in [6.07, 6.45) is 4.33. The molecule has 1 aromatic carbocycles. The highest BCUT2D eigenvalue weighted by Gasteiger charge is 2.40. The SMILES string of the molecule is N#Cc1ccc(C(=O)N2C[C@@H]3OCC(Oc4cccc5cnccc45)CO[C@H]3C2)cn1. The maximum Gasteiger partial charge on any atom is 0.255 e. The van der Waals surface area contributed by atoms with E-state index in [4.69, 9.17) is 19.5 Å². The van der Waals surface area contributed by atoms with Crippen molar-refractivity contribution in [1.82, 2.24) is 14.9 Å². The zero-order valence-electron chi connectivity index (χ0n) is 16.7. The first-order valence-corrected chi connectivity index (χ1v) is 10.1. The van der Waals surface area contributed by atoms with Gasteiger partial charge in [0.2, 0.25) is 0 Å². The third-order valence-corrected chi connectivity index (χ3v) is 5.55. The second kappa shape index (κ2) is 8.30. The lowest BCUT2D eigenvalue weighted by molar-refractivity contribution is -0.00461. The minimum Gasteiger partial charge on any atom is -0.485 e. The maximum absolute atomic E-state index is 12.8. The maximum atomic E-state index is 12.8. The summed E-state index contributed by atoms with van der Waals surface area (Å²) in [5, 5.41) is 10.9. The van der Waals surface area contributed by atoms with Crippen LogP contribution in [0.25, 0.3) is 10.8 Å². The van der Waals surface area contributed by atoms with Crippen LogP contribution in [0.2, 0.25) is 0 Å². The summed E-state index contributed by atoms with van der Waals surface area (Å²) < 4.78 is 18.3. The Labute approximate surface area is 179 Å². The van der Waals surface area contributed by atoms with E-state index in [9.17, 15) is 4.79 Å². The highest BCUT2D eigenvalue weighted by molar-refractivity contribution is 5.94. The van der Waals surface area contributed by atoms with Gasteiger partial charge in [0.1, 0.15) is 35.8 Å². The highest BCUT2D eigenvalue weighted by atomic mass is 16.6. The average molecular weight is 416 g/mol. The summed E-state index contributed by atoms with van der Waals surface area (Å²) >= 11 is 0. The summed E-state index contributed by atoms with van der Waals surface area (Å²) in [6, 6.07) is 12.9. The van der Waals surface area contributed by atoms with Crippen LogP contribution < -0.4 is 4.74 Å². The molecule has 2 atom stereocenters. The molecule has 2 aromatic heterocycles. The van der Waals surface area contributed by atoms with E-state index < -0.39 is 0 Å². The van der Waals surface area contributed by atoms with E-state index in [1.165, 1.54) is 6.20 Å². The lowest BCUT2D eigenvalue weighted by atomic mass is 10.1. The molecule has 2 fully saturated rings. The van der Waals surface area contributed by atoms with Gasteiger partial charge in [-0.3, -0.25) is 9.78 Å². The number of fused-ring (bicyclic) bond motifs is 2. The second-order valence-corrected chi connectivity index (χ2v) is 7.59. The van der Waals surface area contributed by atoms with Gasteiger partial charge < -0.3 is 19.1 Å². The normalized spacial score (nSPS) is 21.3. The number of pyridine rings is 2. The standard InChI is InChI=1S/C23H20N4O4/c24-8-17-5-4-16(10-26-17)23(28)27-11-21-22(12-27)30-14-18(13-29-21)31-20-3-1-2-15-9-25-7-6-19(15)20/h1-7,9-10,18,21-22H,11-14H2/t21-,22-/m0/s1. The zero-order valence-corrected chi connectivity index (χ0v) is 16.7. The van der Waals surface area contributed by atoms with Gasteiger partial charge in [0.25, 0.3) is 5.91 Å². The van der Waals surface area contributed by atoms with Gasteiger partial charge in [0, 0.05) is 42.5 Å². The summed E-state index contributed by atoms with van der Waals surface area (Å²) in [6.45, 7) is 1.64. The van der Waals surface area contributed by atoms with Crippen molar-refractivity contribution >= 4 is 16.7 Å². The van der Waals surface area contributed by atoms with Crippen LogP contribution >= 0.6 is 0 Å². The van der Waals surface area contributed by atoms with E-state index in [2.05, 4.69) is 9.97 Å². The van der Waals surface area contributed by atoms with Crippen molar-refractivity contribution in [3.8, 4) is 11.8 Å². The summed E-state index contributed by atoms with van der Waals surface area (Å²) in [5.41, 5.74) is 0.727. The molecule has 156 valence electrons. The molecule has 0 N–H and O–H groups in total. The van der Waals surface area contributed by atoms with Gasteiger partial charge in [0.15, 0.2) is 0 Å². The fraction of sp³-hybridized carbons (Fsp3) is 0.304. The Morgan fingerprint density at radius 1 is 1.10 bits per heavy atom. The number of likely N-dealkylation sites (tertiary alicyclic amines) is 1. The topological polar surface area (TPSA) is 97.6 Å². The van der Waals surface area contributed by atoms with Crippen LogP contribution in [-0.2, 0) is 9.47 Å². The van der Waals surface area contributed by atoms with Crippen LogP contribution in [-0.4, -0.2) is 65.4 Å².